The average Bonchev–Trinajstić information content (AvgIpc) is 2.87. The Morgan fingerprint density at radius 2 is 1.06 bits per heavy atom. The molecule has 0 aliphatic carbocycles. The van der Waals surface area contributed by atoms with E-state index in [2.05, 4.69) is 43.3 Å². The smallest absolute Gasteiger partial charge is 0.119 e. The Kier molecular flexibility index (Phi) is 6.25. The Morgan fingerprint density at radius 3 is 1.50 bits per heavy atom. The predicted octanol–water partition coefficient (Wildman–Crippen LogP) is 6.51. The highest BCUT2D eigenvalue weighted by Gasteiger charge is 2.36. The van der Waals surface area contributed by atoms with E-state index in [-0.39, 0.29) is 0 Å². The van der Waals surface area contributed by atoms with Crippen LogP contribution in [0.2, 0.25) is 0 Å². The van der Waals surface area contributed by atoms with Crippen LogP contribution in [-0.2, 0) is 5.41 Å². The fourth-order valence-electron chi connectivity index (χ4n) is 4.68. The summed E-state index contributed by atoms with van der Waals surface area (Å²) >= 11 is 0. The van der Waals surface area contributed by atoms with Crippen LogP contribution in [0.3, 0.4) is 0 Å². The van der Waals surface area contributed by atoms with Gasteiger partial charge in [0, 0.05) is 16.8 Å². The van der Waals surface area contributed by atoms with Crippen LogP contribution in [0.15, 0.2) is 78.9 Å². The zero-order chi connectivity index (χ0) is 24.5. The zero-order valence-corrected chi connectivity index (χ0v) is 20.5. The Labute approximate surface area is 202 Å². The second-order valence-electron chi connectivity index (χ2n) is 8.88. The highest BCUT2D eigenvalue weighted by molar-refractivity contribution is 5.72. The SMILES string of the molecule is COc1cc(C)c(N)c(C(C)(c2ccc(-c3ccccc3)cc2)c2cc(OC)cc(C)c2N)c1. The summed E-state index contributed by atoms with van der Waals surface area (Å²) < 4.78 is 11.2. The third kappa shape index (κ3) is 3.96. The van der Waals surface area contributed by atoms with Crippen molar-refractivity contribution in [1.82, 2.24) is 0 Å². The van der Waals surface area contributed by atoms with Gasteiger partial charge in [0.05, 0.1) is 14.2 Å². The van der Waals surface area contributed by atoms with Gasteiger partial charge < -0.3 is 20.9 Å². The van der Waals surface area contributed by atoms with Crippen molar-refractivity contribution in [3.05, 3.63) is 107 Å². The lowest BCUT2D eigenvalue weighted by atomic mass is 9.69. The van der Waals surface area contributed by atoms with Gasteiger partial charge in [-0.15, -0.1) is 0 Å². The molecule has 4 heteroatoms. The minimum atomic E-state index is -0.651. The number of benzene rings is 4. The van der Waals surface area contributed by atoms with Crippen molar-refractivity contribution in [3.63, 3.8) is 0 Å². The van der Waals surface area contributed by atoms with Gasteiger partial charge in [-0.3, -0.25) is 0 Å². The maximum Gasteiger partial charge on any atom is 0.119 e. The van der Waals surface area contributed by atoms with Crippen LogP contribution in [0, 0.1) is 13.8 Å². The second-order valence-corrected chi connectivity index (χ2v) is 8.88. The number of methoxy groups -OCH3 is 2. The maximum atomic E-state index is 6.72. The summed E-state index contributed by atoms with van der Waals surface area (Å²) in [7, 11) is 3.34. The number of hydrogen-bond donors (Lipinski definition) is 2. The largest absolute Gasteiger partial charge is 0.497 e. The summed E-state index contributed by atoms with van der Waals surface area (Å²) in [6.45, 7) is 6.17. The highest BCUT2D eigenvalue weighted by atomic mass is 16.5. The first-order chi connectivity index (χ1) is 16.3. The molecular weight excluding hydrogens is 420 g/mol. The highest BCUT2D eigenvalue weighted by Crippen LogP contribution is 2.47. The minimum absolute atomic E-state index is 0.651. The molecule has 4 nitrogen and oxygen atoms in total. The molecule has 4 rings (SSSR count). The Morgan fingerprint density at radius 1 is 0.618 bits per heavy atom. The fourth-order valence-corrected chi connectivity index (χ4v) is 4.68. The van der Waals surface area contributed by atoms with Crippen LogP contribution in [-0.4, -0.2) is 14.2 Å². The lowest BCUT2D eigenvalue weighted by Crippen LogP contribution is -2.28. The molecule has 34 heavy (non-hydrogen) atoms. The van der Waals surface area contributed by atoms with Gasteiger partial charge in [0.25, 0.3) is 0 Å². The lowest BCUT2D eigenvalue weighted by Gasteiger charge is -2.35. The van der Waals surface area contributed by atoms with Crippen molar-refractivity contribution < 1.29 is 9.47 Å². The summed E-state index contributed by atoms with van der Waals surface area (Å²) in [5.74, 6) is 1.51. The number of rotatable bonds is 6. The predicted molar refractivity (Wildman–Crippen MR) is 142 cm³/mol. The number of hydrogen-bond acceptors (Lipinski definition) is 4. The van der Waals surface area contributed by atoms with E-state index < -0.39 is 5.41 Å². The molecule has 0 aromatic heterocycles. The monoisotopic (exact) mass is 452 g/mol. The summed E-state index contributed by atoms with van der Waals surface area (Å²) in [5.41, 5.74) is 21.4. The molecule has 0 radical (unpaired) electrons. The van der Waals surface area contributed by atoms with Crippen molar-refractivity contribution in [2.45, 2.75) is 26.2 Å². The van der Waals surface area contributed by atoms with Crippen LogP contribution in [0.25, 0.3) is 11.1 Å². The van der Waals surface area contributed by atoms with Crippen molar-refractivity contribution in [2.24, 2.45) is 0 Å². The summed E-state index contributed by atoms with van der Waals surface area (Å²) in [6, 6.07) is 26.9. The molecule has 0 unspecified atom stereocenters. The Balaban J connectivity index is 2.01. The van der Waals surface area contributed by atoms with Crippen LogP contribution in [0.1, 0.15) is 34.7 Å². The number of ether oxygens (including phenoxy) is 2. The third-order valence-corrected chi connectivity index (χ3v) is 6.84. The van der Waals surface area contributed by atoms with Crippen LogP contribution in [0.5, 0.6) is 11.5 Å². The summed E-state index contributed by atoms with van der Waals surface area (Å²) in [6.07, 6.45) is 0. The normalized spacial score (nSPS) is 11.3. The van der Waals surface area contributed by atoms with E-state index in [9.17, 15) is 0 Å². The average molecular weight is 453 g/mol. The Hall–Kier alpha value is -3.92. The van der Waals surface area contributed by atoms with Gasteiger partial charge in [-0.1, -0.05) is 54.6 Å². The molecule has 0 aliphatic heterocycles. The molecule has 0 saturated carbocycles. The van der Waals surface area contributed by atoms with E-state index in [0.29, 0.717) is 0 Å². The number of anilines is 2. The van der Waals surface area contributed by atoms with Crippen LogP contribution < -0.4 is 20.9 Å². The van der Waals surface area contributed by atoms with Gasteiger partial charge >= 0.3 is 0 Å². The first-order valence-corrected chi connectivity index (χ1v) is 11.3. The van der Waals surface area contributed by atoms with Gasteiger partial charge in [0.2, 0.25) is 0 Å². The number of aryl methyl sites for hydroxylation is 2. The second kappa shape index (κ2) is 9.14. The topological polar surface area (TPSA) is 70.5 Å². The molecule has 0 heterocycles. The first kappa shape index (κ1) is 23.2. The van der Waals surface area contributed by atoms with Crippen molar-refractivity contribution in [1.29, 1.82) is 0 Å². The molecule has 0 amide bonds. The first-order valence-electron chi connectivity index (χ1n) is 11.3. The molecule has 4 aromatic carbocycles. The van der Waals surface area contributed by atoms with Gasteiger partial charge in [-0.2, -0.15) is 0 Å². The molecule has 174 valence electrons. The zero-order valence-electron chi connectivity index (χ0n) is 20.5. The van der Waals surface area contributed by atoms with Gasteiger partial charge in [-0.05, 0) is 84.0 Å². The van der Waals surface area contributed by atoms with E-state index in [1.807, 2.05) is 56.3 Å². The molecule has 0 fully saturated rings. The maximum absolute atomic E-state index is 6.72. The minimum Gasteiger partial charge on any atom is -0.497 e. The van der Waals surface area contributed by atoms with Gasteiger partial charge in [0.1, 0.15) is 11.5 Å². The Bertz CT molecular complexity index is 1250. The summed E-state index contributed by atoms with van der Waals surface area (Å²) in [4.78, 5) is 0. The van der Waals surface area contributed by atoms with Crippen molar-refractivity contribution >= 4 is 11.4 Å². The van der Waals surface area contributed by atoms with E-state index in [1.165, 1.54) is 5.56 Å². The molecule has 4 N–H and O–H groups in total. The molecule has 0 saturated heterocycles. The van der Waals surface area contributed by atoms with Crippen molar-refractivity contribution in [2.75, 3.05) is 25.7 Å². The quantitative estimate of drug-likeness (QED) is 0.258. The number of nitrogens with two attached hydrogens (primary N) is 2. The van der Waals surface area contributed by atoms with E-state index in [4.69, 9.17) is 20.9 Å². The van der Waals surface area contributed by atoms with Gasteiger partial charge in [-0.25, -0.2) is 0 Å². The summed E-state index contributed by atoms with van der Waals surface area (Å²) in [5, 5.41) is 0. The molecular formula is C30H32N2O2. The van der Waals surface area contributed by atoms with Crippen molar-refractivity contribution in [3.8, 4) is 22.6 Å². The lowest BCUT2D eigenvalue weighted by molar-refractivity contribution is 0.412. The standard InChI is InChI=1S/C30H32N2O2/c1-19-15-24(33-4)17-26(28(19)31)30(3,27-18-25(34-5)16-20(2)29(27)32)23-13-11-22(12-14-23)21-9-7-6-8-10-21/h6-18H,31-32H2,1-5H3. The van der Waals surface area contributed by atoms with Gasteiger partial charge in [0.15, 0.2) is 0 Å². The molecule has 0 bridgehead atoms. The molecule has 0 atom stereocenters. The van der Waals surface area contributed by atoms with E-state index >= 15 is 0 Å². The fraction of sp³-hybridized carbons (Fsp3) is 0.200. The number of nitrogen functional groups attached to an aromatic ring is 2. The molecule has 0 aliphatic rings. The molecule has 0 spiro atoms. The van der Waals surface area contributed by atoms with E-state index in [1.54, 1.807) is 14.2 Å². The molecule has 4 aromatic rings. The van der Waals surface area contributed by atoms with E-state index in [0.717, 1.165) is 56.3 Å². The third-order valence-electron chi connectivity index (χ3n) is 6.84. The van der Waals surface area contributed by atoms with Crippen LogP contribution >= 0.6 is 0 Å². The van der Waals surface area contributed by atoms with Crippen LogP contribution in [0.4, 0.5) is 11.4 Å².